The van der Waals surface area contributed by atoms with E-state index < -0.39 is 0 Å². The van der Waals surface area contributed by atoms with Gasteiger partial charge in [-0.05, 0) is 43.4 Å². The van der Waals surface area contributed by atoms with Gasteiger partial charge in [0.15, 0.2) is 0 Å². The summed E-state index contributed by atoms with van der Waals surface area (Å²) in [4.78, 5) is 19.7. The monoisotopic (exact) mass is 433 g/mol. The molecule has 0 atom stereocenters. The van der Waals surface area contributed by atoms with Crippen molar-refractivity contribution < 1.29 is 14.3 Å². The number of imidazole rings is 1. The van der Waals surface area contributed by atoms with Crippen LogP contribution in [0.1, 0.15) is 40.3 Å². The standard InChI is InChI=1S/C26H31N3O3/c1-19-17-27-25(29(19)18-21-7-5-4-6-8-21)15-20-11-13-28(14-12-20)26(30)23-10-9-22(31-2)16-24(23)32-3/h4-10,16-17,20H,11-15,18H2,1-3H3. The number of rotatable bonds is 7. The van der Waals surface area contributed by atoms with Gasteiger partial charge in [-0.2, -0.15) is 0 Å². The van der Waals surface area contributed by atoms with Gasteiger partial charge in [-0.15, -0.1) is 0 Å². The molecule has 4 rings (SSSR count). The van der Waals surface area contributed by atoms with Crippen LogP contribution in [-0.4, -0.2) is 47.7 Å². The molecule has 32 heavy (non-hydrogen) atoms. The third kappa shape index (κ3) is 4.79. The van der Waals surface area contributed by atoms with Crippen LogP contribution < -0.4 is 9.47 Å². The fourth-order valence-corrected chi connectivity index (χ4v) is 4.40. The van der Waals surface area contributed by atoms with E-state index in [0.29, 0.717) is 23.0 Å². The van der Waals surface area contributed by atoms with Crippen molar-refractivity contribution in [3.63, 3.8) is 0 Å². The van der Waals surface area contributed by atoms with Crippen LogP contribution in [0.5, 0.6) is 11.5 Å². The fourth-order valence-electron chi connectivity index (χ4n) is 4.40. The van der Waals surface area contributed by atoms with Crippen molar-refractivity contribution in [3.8, 4) is 11.5 Å². The Balaban J connectivity index is 1.38. The Morgan fingerprint density at radius 2 is 1.81 bits per heavy atom. The summed E-state index contributed by atoms with van der Waals surface area (Å²) in [6.45, 7) is 4.45. The maximum Gasteiger partial charge on any atom is 0.257 e. The summed E-state index contributed by atoms with van der Waals surface area (Å²) in [7, 11) is 3.19. The van der Waals surface area contributed by atoms with Gasteiger partial charge >= 0.3 is 0 Å². The van der Waals surface area contributed by atoms with Gasteiger partial charge in [-0.25, -0.2) is 4.98 Å². The Morgan fingerprint density at radius 1 is 1.06 bits per heavy atom. The summed E-state index contributed by atoms with van der Waals surface area (Å²) < 4.78 is 13.0. The molecule has 2 aromatic carbocycles. The zero-order valence-electron chi connectivity index (χ0n) is 19.1. The highest BCUT2D eigenvalue weighted by atomic mass is 16.5. The first-order chi connectivity index (χ1) is 15.6. The lowest BCUT2D eigenvalue weighted by Gasteiger charge is -2.32. The minimum absolute atomic E-state index is 0.0179. The van der Waals surface area contributed by atoms with E-state index in [2.05, 4.69) is 35.8 Å². The number of carbonyl (C=O) groups excluding carboxylic acids is 1. The summed E-state index contributed by atoms with van der Waals surface area (Å²) >= 11 is 0. The van der Waals surface area contributed by atoms with Crippen molar-refractivity contribution in [2.24, 2.45) is 5.92 Å². The molecule has 3 aromatic rings. The van der Waals surface area contributed by atoms with Gasteiger partial charge < -0.3 is 18.9 Å². The number of likely N-dealkylation sites (tertiary alicyclic amines) is 1. The van der Waals surface area contributed by atoms with Crippen LogP contribution in [0.25, 0.3) is 0 Å². The lowest BCUT2D eigenvalue weighted by Crippen LogP contribution is -2.39. The molecule has 0 radical (unpaired) electrons. The average Bonchev–Trinajstić information content (AvgIpc) is 3.18. The predicted octanol–water partition coefficient (Wildman–Crippen LogP) is 4.35. The molecular formula is C26H31N3O3. The largest absolute Gasteiger partial charge is 0.497 e. The molecule has 6 heteroatoms. The lowest BCUT2D eigenvalue weighted by atomic mass is 9.92. The molecule has 1 aromatic heterocycles. The highest BCUT2D eigenvalue weighted by Gasteiger charge is 2.26. The maximum absolute atomic E-state index is 13.1. The number of ether oxygens (including phenoxy) is 2. The molecule has 168 valence electrons. The van der Waals surface area contributed by atoms with E-state index in [0.717, 1.165) is 44.7 Å². The Kier molecular flexibility index (Phi) is 6.78. The highest BCUT2D eigenvalue weighted by Crippen LogP contribution is 2.28. The minimum Gasteiger partial charge on any atom is -0.497 e. The van der Waals surface area contributed by atoms with Crippen molar-refractivity contribution in [3.05, 3.63) is 77.4 Å². The third-order valence-corrected chi connectivity index (χ3v) is 6.33. The topological polar surface area (TPSA) is 56.6 Å². The van der Waals surface area contributed by atoms with Gasteiger partial charge in [0.05, 0.1) is 19.8 Å². The van der Waals surface area contributed by atoms with Crippen molar-refractivity contribution in [1.29, 1.82) is 0 Å². The van der Waals surface area contributed by atoms with Crippen molar-refractivity contribution in [2.45, 2.75) is 32.7 Å². The van der Waals surface area contributed by atoms with Crippen LogP contribution in [0.2, 0.25) is 0 Å². The quantitative estimate of drug-likeness (QED) is 0.556. The van der Waals surface area contributed by atoms with Gasteiger partial charge in [0.1, 0.15) is 17.3 Å². The number of hydrogen-bond donors (Lipinski definition) is 0. The number of benzene rings is 2. The Bertz CT molecular complexity index is 1050. The number of nitrogens with zero attached hydrogens (tertiary/aromatic N) is 3. The number of aryl methyl sites for hydroxylation is 1. The van der Waals surface area contributed by atoms with E-state index in [4.69, 9.17) is 14.5 Å². The molecule has 1 saturated heterocycles. The van der Waals surface area contributed by atoms with Gasteiger partial charge in [0.2, 0.25) is 0 Å². The molecule has 1 fully saturated rings. The zero-order chi connectivity index (χ0) is 22.5. The van der Waals surface area contributed by atoms with Crippen molar-refractivity contribution >= 4 is 5.91 Å². The first-order valence-corrected chi connectivity index (χ1v) is 11.1. The van der Waals surface area contributed by atoms with Crippen LogP contribution in [0.15, 0.2) is 54.7 Å². The van der Waals surface area contributed by atoms with Crippen LogP contribution in [-0.2, 0) is 13.0 Å². The van der Waals surface area contributed by atoms with E-state index in [1.165, 1.54) is 11.3 Å². The normalized spacial score (nSPS) is 14.4. The molecule has 1 aliphatic heterocycles. The van der Waals surface area contributed by atoms with Crippen molar-refractivity contribution in [1.82, 2.24) is 14.5 Å². The summed E-state index contributed by atoms with van der Waals surface area (Å²) in [6, 6.07) is 15.8. The van der Waals surface area contributed by atoms with Gasteiger partial charge in [0.25, 0.3) is 5.91 Å². The summed E-state index contributed by atoms with van der Waals surface area (Å²) in [5.41, 5.74) is 3.05. The van der Waals surface area contributed by atoms with E-state index in [1.807, 2.05) is 17.2 Å². The molecular weight excluding hydrogens is 402 g/mol. The Morgan fingerprint density at radius 3 is 2.50 bits per heavy atom. The first-order valence-electron chi connectivity index (χ1n) is 11.1. The Hall–Kier alpha value is -3.28. The zero-order valence-corrected chi connectivity index (χ0v) is 19.1. The SMILES string of the molecule is COc1ccc(C(=O)N2CCC(Cc3ncc(C)n3Cc3ccccc3)CC2)c(OC)c1. The summed E-state index contributed by atoms with van der Waals surface area (Å²) in [5.74, 6) is 2.90. The van der Waals surface area contributed by atoms with Gasteiger partial charge in [0, 0.05) is 44.0 Å². The Labute approximate surface area is 189 Å². The van der Waals surface area contributed by atoms with Crippen LogP contribution in [0.3, 0.4) is 0 Å². The summed E-state index contributed by atoms with van der Waals surface area (Å²) in [6.07, 6.45) is 4.85. The summed E-state index contributed by atoms with van der Waals surface area (Å²) in [5, 5.41) is 0. The molecule has 0 bridgehead atoms. The molecule has 0 N–H and O–H groups in total. The molecule has 2 heterocycles. The highest BCUT2D eigenvalue weighted by molar-refractivity contribution is 5.97. The predicted molar refractivity (Wildman–Crippen MR) is 124 cm³/mol. The van der Waals surface area contributed by atoms with Crippen LogP contribution in [0, 0.1) is 12.8 Å². The smallest absolute Gasteiger partial charge is 0.257 e. The number of carbonyl (C=O) groups is 1. The molecule has 1 amide bonds. The molecule has 1 aliphatic rings. The second kappa shape index (κ2) is 9.90. The molecule has 0 aliphatic carbocycles. The third-order valence-electron chi connectivity index (χ3n) is 6.33. The number of amides is 1. The second-order valence-electron chi connectivity index (χ2n) is 8.39. The molecule has 0 unspecified atom stereocenters. The first kappa shape index (κ1) is 21.9. The lowest BCUT2D eigenvalue weighted by molar-refractivity contribution is 0.0686. The van der Waals surface area contributed by atoms with E-state index in [1.54, 1.807) is 32.4 Å². The minimum atomic E-state index is 0.0179. The van der Waals surface area contributed by atoms with Crippen LogP contribution in [0.4, 0.5) is 0 Å². The number of aromatic nitrogens is 2. The molecule has 0 saturated carbocycles. The van der Waals surface area contributed by atoms with E-state index in [-0.39, 0.29) is 5.91 Å². The van der Waals surface area contributed by atoms with E-state index in [9.17, 15) is 4.79 Å². The molecule has 0 spiro atoms. The number of methoxy groups -OCH3 is 2. The second-order valence-corrected chi connectivity index (χ2v) is 8.39. The van der Waals surface area contributed by atoms with Gasteiger partial charge in [-0.3, -0.25) is 4.79 Å². The van der Waals surface area contributed by atoms with E-state index >= 15 is 0 Å². The number of piperidine rings is 1. The maximum atomic E-state index is 13.1. The van der Waals surface area contributed by atoms with Crippen LogP contribution >= 0.6 is 0 Å². The number of hydrogen-bond acceptors (Lipinski definition) is 4. The van der Waals surface area contributed by atoms with Crippen molar-refractivity contribution in [2.75, 3.05) is 27.3 Å². The average molecular weight is 434 g/mol. The van der Waals surface area contributed by atoms with Gasteiger partial charge in [-0.1, -0.05) is 30.3 Å². The fraction of sp³-hybridized carbons (Fsp3) is 0.385. The molecule has 6 nitrogen and oxygen atoms in total.